The Morgan fingerprint density at radius 3 is 1.31 bits per heavy atom. The number of benzene rings is 4. The lowest BCUT2D eigenvalue weighted by molar-refractivity contribution is -0.120. The molecule has 6 heterocycles. The van der Waals surface area contributed by atoms with Gasteiger partial charge in [-0.1, -0.05) is 0 Å². The zero-order valence-electron chi connectivity index (χ0n) is 41.0. The molecule has 0 unspecified atom stereocenters. The summed E-state index contributed by atoms with van der Waals surface area (Å²) < 4.78 is 52.4. The molecule has 0 saturated carbocycles. The second-order valence-electron chi connectivity index (χ2n) is 17.7. The van der Waals surface area contributed by atoms with E-state index in [2.05, 4.69) is 10.2 Å². The molecule has 4 aliphatic rings. The molecule has 4 N–H and O–H groups in total. The predicted octanol–water partition coefficient (Wildman–Crippen LogP) is 5.69. The molecule has 0 atom stereocenters. The summed E-state index contributed by atoms with van der Waals surface area (Å²) in [7, 11) is 5.67. The van der Waals surface area contributed by atoms with E-state index in [1.54, 1.807) is 46.2 Å². The molecule has 4 aromatic carbocycles. The molecule has 6 aromatic rings. The molecule has 2 saturated heterocycles. The van der Waals surface area contributed by atoms with Crippen molar-refractivity contribution in [3.63, 3.8) is 0 Å². The van der Waals surface area contributed by atoms with E-state index in [0.717, 1.165) is 25.7 Å². The molecule has 10 rings (SSSR count). The quantitative estimate of drug-likeness (QED) is 0.150. The number of nitrogens with two attached hydrogens (primary N) is 2. The third-order valence-electron chi connectivity index (χ3n) is 13.4. The first-order valence-corrected chi connectivity index (χ1v) is 23.8. The van der Waals surface area contributed by atoms with Crippen molar-refractivity contribution in [3.05, 3.63) is 118 Å². The molecular formula is C52H52F2N10O10. The fourth-order valence-corrected chi connectivity index (χ4v) is 9.79. The summed E-state index contributed by atoms with van der Waals surface area (Å²) in [4.78, 5) is 83.3. The fourth-order valence-electron chi connectivity index (χ4n) is 9.79. The number of nitrogens with zero attached hydrogens (tertiary/aromatic N) is 8. The zero-order chi connectivity index (χ0) is 52.5. The maximum Gasteiger partial charge on any atom is 0.277 e. The molecule has 0 radical (unpaired) electrons. The van der Waals surface area contributed by atoms with E-state index in [1.165, 1.54) is 84.0 Å². The molecule has 4 aliphatic heterocycles. The molecule has 0 bridgehead atoms. The van der Waals surface area contributed by atoms with E-state index in [-0.39, 0.29) is 64.9 Å². The van der Waals surface area contributed by atoms with Gasteiger partial charge >= 0.3 is 0 Å². The fraction of sp³-hybridized carbons (Fsp3) is 0.308. The number of carbonyl (C=O) groups is 6. The molecule has 74 heavy (non-hydrogen) atoms. The number of carbonyl (C=O) groups excluding carboxylic acids is 6. The second-order valence-corrected chi connectivity index (χ2v) is 17.7. The van der Waals surface area contributed by atoms with Gasteiger partial charge in [-0.3, -0.25) is 28.8 Å². The van der Waals surface area contributed by atoms with Crippen LogP contribution in [0.1, 0.15) is 91.6 Å². The van der Waals surface area contributed by atoms with Crippen molar-refractivity contribution in [2.24, 2.45) is 11.5 Å². The third-order valence-corrected chi connectivity index (χ3v) is 13.4. The van der Waals surface area contributed by atoms with Gasteiger partial charge in [0.25, 0.3) is 23.6 Å². The van der Waals surface area contributed by atoms with E-state index >= 15 is 0 Å². The summed E-state index contributed by atoms with van der Waals surface area (Å²) in [6.45, 7) is 1.75. The highest BCUT2D eigenvalue weighted by atomic mass is 19.1. The number of ether oxygens (including phenoxy) is 4. The van der Waals surface area contributed by atoms with Gasteiger partial charge in [0.15, 0.2) is 34.5 Å². The van der Waals surface area contributed by atoms with E-state index in [1.807, 2.05) is 0 Å². The van der Waals surface area contributed by atoms with Gasteiger partial charge in [-0.2, -0.15) is 10.2 Å². The van der Waals surface area contributed by atoms with Gasteiger partial charge in [-0.25, -0.2) is 18.1 Å². The number of anilines is 4. The number of rotatable bonds is 12. The predicted molar refractivity (Wildman–Crippen MR) is 266 cm³/mol. The molecule has 20 nitrogen and oxygen atoms in total. The number of primary amides is 2. The van der Waals surface area contributed by atoms with Crippen molar-refractivity contribution in [3.8, 4) is 34.4 Å². The zero-order valence-corrected chi connectivity index (χ0v) is 41.0. The summed E-state index contributed by atoms with van der Waals surface area (Å²) in [5.74, 6) is -2.69. The normalized spacial score (nSPS) is 15.5. The van der Waals surface area contributed by atoms with Crippen LogP contribution in [0.5, 0.6) is 23.0 Å². The number of amides is 6. The van der Waals surface area contributed by atoms with Gasteiger partial charge in [0.2, 0.25) is 11.8 Å². The van der Waals surface area contributed by atoms with E-state index < -0.39 is 35.3 Å². The average molecular weight is 1020 g/mol. The summed E-state index contributed by atoms with van der Waals surface area (Å²) in [6.07, 6.45) is 5.18. The summed E-state index contributed by atoms with van der Waals surface area (Å²) in [5.41, 5.74) is 15.1. The molecular weight excluding hydrogens is 963 g/mol. The van der Waals surface area contributed by atoms with Crippen LogP contribution in [0.15, 0.2) is 72.8 Å². The number of fused-ring (bicyclic) bond motifs is 2. The van der Waals surface area contributed by atoms with Gasteiger partial charge in [0.1, 0.15) is 22.9 Å². The van der Waals surface area contributed by atoms with Crippen LogP contribution in [0, 0.1) is 11.6 Å². The summed E-state index contributed by atoms with van der Waals surface area (Å²) in [6, 6.07) is 18.7. The maximum absolute atomic E-state index is 14.5. The van der Waals surface area contributed by atoms with Crippen molar-refractivity contribution in [2.45, 2.75) is 51.4 Å². The van der Waals surface area contributed by atoms with E-state index in [4.69, 9.17) is 30.4 Å². The van der Waals surface area contributed by atoms with Crippen molar-refractivity contribution in [1.82, 2.24) is 19.6 Å². The van der Waals surface area contributed by atoms with Crippen LogP contribution in [0.4, 0.5) is 31.5 Å². The van der Waals surface area contributed by atoms with Gasteiger partial charge in [0, 0.05) is 85.8 Å². The highest BCUT2D eigenvalue weighted by Crippen LogP contribution is 2.40. The van der Waals surface area contributed by atoms with Gasteiger partial charge in [0.05, 0.1) is 51.2 Å². The number of aromatic nitrogens is 4. The number of hydrogen-bond donors (Lipinski definition) is 2. The van der Waals surface area contributed by atoms with Crippen LogP contribution in [-0.4, -0.2) is 110 Å². The lowest BCUT2D eigenvalue weighted by Crippen LogP contribution is -2.39. The van der Waals surface area contributed by atoms with Crippen molar-refractivity contribution in [1.29, 1.82) is 0 Å². The average Bonchev–Trinajstić information content (AvgIpc) is 4.01. The van der Waals surface area contributed by atoms with Gasteiger partial charge in [-0.15, -0.1) is 0 Å². The molecule has 6 amide bonds. The van der Waals surface area contributed by atoms with Crippen LogP contribution in [0.25, 0.3) is 11.4 Å². The van der Waals surface area contributed by atoms with Crippen LogP contribution < -0.4 is 50.0 Å². The molecule has 0 aliphatic carbocycles. The first-order chi connectivity index (χ1) is 35.7. The standard InChI is InChI=1S/2C26H26FN5O5/c1-36-20-14-16(6-8-18(20)27)32-24-17(23(29-32)25(28)34)10-12-31(26(24)35)19-9-7-15(13-21(19)37-2)30-11-4-3-5-22(30)33;1-36-20-9-7-16(13-18(20)27)32-24-17(23(29-32)25(28)34)10-12-31(26(24)35)19-8-6-15(14-21(19)37-2)30-11-4-3-5-22(30)33/h2*6-9,13-14H,3-5,10-12H2,1-2H3,(H2,28,34). The van der Waals surface area contributed by atoms with Crippen LogP contribution >= 0.6 is 0 Å². The summed E-state index contributed by atoms with van der Waals surface area (Å²) in [5, 5.41) is 8.59. The number of halogens is 2. The van der Waals surface area contributed by atoms with Crippen LogP contribution in [0.3, 0.4) is 0 Å². The second kappa shape index (κ2) is 20.7. The summed E-state index contributed by atoms with van der Waals surface area (Å²) >= 11 is 0. The Labute approximate surface area is 422 Å². The number of hydrogen-bond acceptors (Lipinski definition) is 12. The van der Waals surface area contributed by atoms with Gasteiger partial charge < -0.3 is 50.0 Å². The Hall–Kier alpha value is -8.82. The third kappa shape index (κ3) is 9.17. The maximum atomic E-state index is 14.5. The molecule has 22 heteroatoms. The number of piperidine rings is 2. The Bertz CT molecular complexity index is 3260. The minimum Gasteiger partial charge on any atom is -0.494 e. The largest absolute Gasteiger partial charge is 0.494 e. The van der Waals surface area contributed by atoms with Crippen LogP contribution in [-0.2, 0) is 22.4 Å². The van der Waals surface area contributed by atoms with Crippen LogP contribution in [0.2, 0.25) is 0 Å². The highest BCUT2D eigenvalue weighted by molar-refractivity contribution is 6.11. The number of methoxy groups -OCH3 is 4. The Morgan fingerprint density at radius 2 is 0.892 bits per heavy atom. The molecule has 2 fully saturated rings. The molecule has 0 spiro atoms. The Balaban J connectivity index is 0.000000182. The van der Waals surface area contributed by atoms with Crippen molar-refractivity contribution in [2.75, 3.05) is 74.2 Å². The minimum atomic E-state index is -0.779. The minimum absolute atomic E-state index is 0.0165. The lowest BCUT2D eigenvalue weighted by Gasteiger charge is -2.31. The topological polar surface area (TPSA) is 240 Å². The smallest absolute Gasteiger partial charge is 0.277 e. The van der Waals surface area contributed by atoms with E-state index in [0.29, 0.717) is 89.8 Å². The first-order valence-electron chi connectivity index (χ1n) is 23.8. The Kier molecular flexibility index (Phi) is 14.0. The van der Waals surface area contributed by atoms with Crippen molar-refractivity contribution < 1.29 is 56.5 Å². The Morgan fingerprint density at radius 1 is 0.473 bits per heavy atom. The molecule has 384 valence electrons. The molecule has 2 aromatic heterocycles. The van der Waals surface area contributed by atoms with E-state index in [9.17, 15) is 37.5 Å². The first kappa shape index (κ1) is 50.1. The SMILES string of the molecule is COc1cc(-n2nc(C(N)=O)c3c2C(=O)N(c2ccc(N4CCCCC4=O)cc2OC)CC3)ccc1F.COc1ccc(-n2nc(C(N)=O)c3c2C(=O)N(c2ccc(N4CCCCC4=O)cc2OC)CC3)cc1F. The van der Waals surface area contributed by atoms with Gasteiger partial charge in [-0.05, 0) is 87.1 Å². The lowest BCUT2D eigenvalue weighted by atomic mass is 10.0. The van der Waals surface area contributed by atoms with Crippen molar-refractivity contribution >= 4 is 58.2 Å². The monoisotopic (exact) mass is 1010 g/mol. The highest BCUT2D eigenvalue weighted by Gasteiger charge is 2.38.